The van der Waals surface area contributed by atoms with E-state index >= 15 is 4.39 Å². The first-order valence-electron chi connectivity index (χ1n) is 15.8. The maximum atomic E-state index is 15.0. The van der Waals surface area contributed by atoms with E-state index in [1.807, 2.05) is 26.8 Å². The SMILES string of the molecule is CC(C)(C)OC(=O)N1CCC2(CC1)CC(n1cnc3ccc(Oc4c(F)ccc(NS(=O)(=O)C5CCOCC5)c4C#N)cc3c1=O)C2. The molecule has 2 aliphatic heterocycles. The van der Waals surface area contributed by atoms with Gasteiger partial charge in [0.05, 0.1) is 28.2 Å². The van der Waals surface area contributed by atoms with Gasteiger partial charge in [0.1, 0.15) is 23.0 Å². The lowest BCUT2D eigenvalue weighted by Crippen LogP contribution is -2.51. The molecule has 3 heterocycles. The first kappa shape index (κ1) is 32.7. The van der Waals surface area contributed by atoms with Gasteiger partial charge in [0.2, 0.25) is 10.0 Å². The molecule has 0 radical (unpaired) electrons. The summed E-state index contributed by atoms with van der Waals surface area (Å²) in [5.74, 6) is -1.23. The zero-order valence-electron chi connectivity index (χ0n) is 26.6. The molecule has 6 rings (SSSR count). The highest BCUT2D eigenvalue weighted by Crippen LogP contribution is 2.54. The Labute approximate surface area is 272 Å². The normalized spacial score (nSPS) is 18.8. The highest BCUT2D eigenvalue weighted by molar-refractivity contribution is 7.93. The number of nitrogens with one attached hydrogen (secondary N) is 1. The predicted molar refractivity (Wildman–Crippen MR) is 171 cm³/mol. The Bertz CT molecular complexity index is 1900. The van der Waals surface area contributed by atoms with Crippen LogP contribution < -0.4 is 15.0 Å². The van der Waals surface area contributed by atoms with Crippen molar-refractivity contribution in [3.63, 3.8) is 0 Å². The highest BCUT2D eigenvalue weighted by atomic mass is 32.2. The number of likely N-dealkylation sites (tertiary alicyclic amines) is 1. The minimum Gasteiger partial charge on any atom is -0.453 e. The minimum absolute atomic E-state index is 0.0467. The van der Waals surface area contributed by atoms with E-state index in [0.29, 0.717) is 44.7 Å². The molecule has 3 aromatic rings. The van der Waals surface area contributed by atoms with Gasteiger partial charge < -0.3 is 19.1 Å². The van der Waals surface area contributed by atoms with Gasteiger partial charge in [-0.3, -0.25) is 14.1 Å². The Balaban J connectivity index is 1.18. The third kappa shape index (κ3) is 6.78. The van der Waals surface area contributed by atoms with E-state index in [2.05, 4.69) is 9.71 Å². The molecule has 0 unspecified atom stereocenters. The molecule has 1 aliphatic carbocycles. The molecule has 250 valence electrons. The van der Waals surface area contributed by atoms with Crippen molar-refractivity contribution < 1.29 is 31.8 Å². The molecular weight excluding hydrogens is 629 g/mol. The number of benzene rings is 2. The van der Waals surface area contributed by atoms with E-state index in [1.165, 1.54) is 18.2 Å². The number of nitrogens with zero attached hydrogens (tertiary/aromatic N) is 4. The van der Waals surface area contributed by atoms with Crippen molar-refractivity contribution in [3.05, 3.63) is 58.4 Å². The van der Waals surface area contributed by atoms with E-state index in [1.54, 1.807) is 21.9 Å². The van der Waals surface area contributed by atoms with Gasteiger partial charge in [-0.25, -0.2) is 22.6 Å². The summed E-state index contributed by atoms with van der Waals surface area (Å²) in [5, 5.41) is 9.47. The molecule has 2 saturated heterocycles. The number of nitriles is 1. The van der Waals surface area contributed by atoms with Gasteiger partial charge in [-0.15, -0.1) is 0 Å². The minimum atomic E-state index is -3.87. The van der Waals surface area contributed by atoms with Crippen molar-refractivity contribution in [2.45, 2.75) is 76.2 Å². The number of carbonyl (C=O) groups is 1. The van der Waals surface area contributed by atoms with Gasteiger partial charge in [-0.2, -0.15) is 5.26 Å². The number of halogens is 1. The second-order valence-corrected chi connectivity index (χ2v) is 15.6. The van der Waals surface area contributed by atoms with E-state index in [-0.39, 0.29) is 45.5 Å². The fourth-order valence-corrected chi connectivity index (χ4v) is 8.12. The molecule has 1 aromatic heterocycles. The smallest absolute Gasteiger partial charge is 0.410 e. The number of sulfonamides is 1. The van der Waals surface area contributed by atoms with E-state index in [0.717, 1.165) is 31.7 Å². The summed E-state index contributed by atoms with van der Waals surface area (Å²) in [6, 6.07) is 8.56. The molecule has 14 heteroatoms. The monoisotopic (exact) mass is 667 g/mol. The number of aromatic nitrogens is 2. The lowest BCUT2D eigenvalue weighted by Gasteiger charge is -2.52. The average Bonchev–Trinajstić information content (AvgIpc) is 3.02. The van der Waals surface area contributed by atoms with Crippen molar-refractivity contribution >= 4 is 32.7 Å². The lowest BCUT2D eigenvalue weighted by atomic mass is 9.60. The predicted octanol–water partition coefficient (Wildman–Crippen LogP) is 5.47. The first-order valence-corrected chi connectivity index (χ1v) is 17.3. The third-order valence-corrected chi connectivity index (χ3v) is 11.1. The number of piperidine rings is 1. The summed E-state index contributed by atoms with van der Waals surface area (Å²) in [6.07, 6.45) is 5.07. The van der Waals surface area contributed by atoms with Crippen LogP contribution in [0.5, 0.6) is 11.5 Å². The van der Waals surface area contributed by atoms with Crippen molar-refractivity contribution in [3.8, 4) is 17.6 Å². The zero-order valence-corrected chi connectivity index (χ0v) is 27.4. The largest absolute Gasteiger partial charge is 0.453 e. The van der Waals surface area contributed by atoms with Crippen molar-refractivity contribution in [1.82, 2.24) is 14.5 Å². The second-order valence-electron chi connectivity index (χ2n) is 13.6. The summed E-state index contributed by atoms with van der Waals surface area (Å²) in [6.45, 7) is 7.36. The van der Waals surface area contributed by atoms with Crippen LogP contribution in [-0.2, 0) is 19.5 Å². The number of amides is 1. The Kier molecular flexibility index (Phi) is 8.65. The Morgan fingerprint density at radius 3 is 2.51 bits per heavy atom. The molecule has 2 aromatic carbocycles. The quantitative estimate of drug-likeness (QED) is 0.361. The van der Waals surface area contributed by atoms with Crippen LogP contribution in [0.3, 0.4) is 0 Å². The van der Waals surface area contributed by atoms with E-state index < -0.39 is 32.4 Å². The maximum Gasteiger partial charge on any atom is 0.410 e. The van der Waals surface area contributed by atoms with Crippen LogP contribution in [-0.4, -0.2) is 66.1 Å². The molecule has 1 saturated carbocycles. The topological polar surface area (TPSA) is 153 Å². The number of hydrogen-bond acceptors (Lipinski definition) is 9. The number of hydrogen-bond donors (Lipinski definition) is 1. The fourth-order valence-electron chi connectivity index (χ4n) is 6.67. The number of rotatable bonds is 6. The Hall–Kier alpha value is -4.22. The third-order valence-electron chi connectivity index (χ3n) is 9.26. The fraction of sp³-hybridized carbons (Fsp3) is 0.515. The first-order chi connectivity index (χ1) is 22.3. The molecule has 12 nitrogen and oxygen atoms in total. The van der Waals surface area contributed by atoms with Gasteiger partial charge in [-0.1, -0.05) is 0 Å². The van der Waals surface area contributed by atoms with E-state index in [9.17, 15) is 23.3 Å². The molecule has 3 aliphatic rings. The van der Waals surface area contributed by atoms with Crippen LogP contribution in [0.4, 0.5) is 14.9 Å². The van der Waals surface area contributed by atoms with Crippen LogP contribution in [0.1, 0.15) is 70.9 Å². The second kappa shape index (κ2) is 12.4. The van der Waals surface area contributed by atoms with Crippen LogP contribution in [0.25, 0.3) is 10.9 Å². The van der Waals surface area contributed by atoms with Crippen LogP contribution >= 0.6 is 0 Å². The van der Waals surface area contributed by atoms with Crippen LogP contribution in [0.2, 0.25) is 0 Å². The Morgan fingerprint density at radius 1 is 1.15 bits per heavy atom. The van der Waals surface area contributed by atoms with Crippen molar-refractivity contribution in [2.75, 3.05) is 31.0 Å². The number of anilines is 1. The Morgan fingerprint density at radius 2 is 1.85 bits per heavy atom. The standard InChI is InChI=1S/C33H38FN5O7S/c1-32(2,3)46-31(41)38-12-10-33(11-13-38)17-21(18-33)39-20-36-27-6-4-22(16-24(27)30(39)40)45-29-25(19-35)28(7-5-26(29)34)37-47(42,43)23-8-14-44-15-9-23/h4-7,16,20-21,23,37H,8-15,17-18H2,1-3H3. The molecule has 1 N–H and O–H groups in total. The van der Waals surface area contributed by atoms with Gasteiger partial charge in [0.15, 0.2) is 11.6 Å². The molecule has 3 fully saturated rings. The molecule has 1 amide bonds. The van der Waals surface area contributed by atoms with Crippen molar-refractivity contribution in [2.24, 2.45) is 5.41 Å². The number of ether oxygens (including phenoxy) is 3. The van der Waals surface area contributed by atoms with Crippen LogP contribution in [0, 0.1) is 22.6 Å². The van der Waals surface area contributed by atoms with Gasteiger partial charge in [0.25, 0.3) is 5.56 Å². The summed E-state index contributed by atoms with van der Waals surface area (Å²) >= 11 is 0. The number of carbonyl (C=O) groups excluding carboxylic acids is 1. The summed E-state index contributed by atoms with van der Waals surface area (Å²) in [5.41, 5.74) is -0.768. The zero-order chi connectivity index (χ0) is 33.6. The molecule has 0 bridgehead atoms. The molecular formula is C33H38FN5O7S. The van der Waals surface area contributed by atoms with E-state index in [4.69, 9.17) is 14.2 Å². The molecule has 0 atom stereocenters. The van der Waals surface area contributed by atoms with Crippen molar-refractivity contribution in [1.29, 1.82) is 5.26 Å². The highest BCUT2D eigenvalue weighted by Gasteiger charge is 2.47. The van der Waals surface area contributed by atoms with Gasteiger partial charge >= 0.3 is 6.09 Å². The van der Waals surface area contributed by atoms with Gasteiger partial charge in [0, 0.05) is 32.3 Å². The lowest BCUT2D eigenvalue weighted by molar-refractivity contribution is -0.0241. The van der Waals surface area contributed by atoms with Gasteiger partial charge in [-0.05, 0) is 95.0 Å². The summed E-state index contributed by atoms with van der Waals surface area (Å²) in [4.78, 5) is 32.4. The summed E-state index contributed by atoms with van der Waals surface area (Å²) < 4.78 is 61.6. The average molecular weight is 668 g/mol. The maximum absolute atomic E-state index is 15.0. The summed E-state index contributed by atoms with van der Waals surface area (Å²) in [7, 11) is -3.87. The molecule has 1 spiro atoms. The number of fused-ring (bicyclic) bond motifs is 1. The van der Waals surface area contributed by atoms with Crippen LogP contribution in [0.15, 0.2) is 41.5 Å². The molecule has 47 heavy (non-hydrogen) atoms.